The van der Waals surface area contributed by atoms with Gasteiger partial charge in [-0.2, -0.15) is 0 Å². The summed E-state index contributed by atoms with van der Waals surface area (Å²) in [6, 6.07) is 7.40. The summed E-state index contributed by atoms with van der Waals surface area (Å²) in [4.78, 5) is 16.5. The first-order valence-electron chi connectivity index (χ1n) is 8.91. The zero-order valence-electron chi connectivity index (χ0n) is 16.0. The molecule has 3 aromatic rings. The molecule has 0 radical (unpaired) electrons. The minimum absolute atomic E-state index is 0.199. The highest BCUT2D eigenvalue weighted by Gasteiger charge is 2.23. The number of aromatic nitrogens is 1. The fourth-order valence-electron chi connectivity index (χ4n) is 2.85. The number of fused-ring (bicyclic) bond motifs is 1. The van der Waals surface area contributed by atoms with Crippen molar-refractivity contribution >= 4 is 28.4 Å². The summed E-state index contributed by atoms with van der Waals surface area (Å²) >= 11 is 5.86. The number of nitrogens with zero attached hydrogens (tertiary/aromatic N) is 1. The quantitative estimate of drug-likeness (QED) is 0.598. The van der Waals surface area contributed by atoms with Gasteiger partial charge in [0, 0.05) is 16.6 Å². The number of pyridine rings is 1. The summed E-state index contributed by atoms with van der Waals surface area (Å²) in [6.45, 7) is 5.01. The van der Waals surface area contributed by atoms with Gasteiger partial charge in [0.15, 0.2) is 17.4 Å². The fraction of sp³-hybridized carbons (Fsp3) is 0.238. The van der Waals surface area contributed by atoms with E-state index < -0.39 is 41.2 Å². The van der Waals surface area contributed by atoms with Crippen LogP contribution in [0.25, 0.3) is 10.9 Å². The van der Waals surface area contributed by atoms with E-state index in [9.17, 15) is 18.7 Å². The molecule has 2 aromatic carbocycles. The van der Waals surface area contributed by atoms with Crippen LogP contribution in [0.3, 0.4) is 0 Å². The van der Waals surface area contributed by atoms with Gasteiger partial charge in [-0.25, -0.2) is 8.78 Å². The standard InChI is InChI=1S/C21H19ClF2N2O3/c1-10(2)29-20-16(23)8-14-18(17(20)24)25-9-15(19(14)27)21(28)26-11(3)12-4-6-13(22)7-5-12/h4-11H,1-3H3,(H,25,27)(H,26,28). The van der Waals surface area contributed by atoms with Crippen LogP contribution in [-0.2, 0) is 0 Å². The zero-order valence-corrected chi connectivity index (χ0v) is 16.7. The number of rotatable bonds is 5. The number of ether oxygens (including phenoxy) is 1. The second-order valence-electron chi connectivity index (χ2n) is 6.83. The predicted molar refractivity (Wildman–Crippen MR) is 106 cm³/mol. The van der Waals surface area contributed by atoms with E-state index in [1.165, 1.54) is 0 Å². The Labute approximate surface area is 171 Å². The topological polar surface area (TPSA) is 71.5 Å². The monoisotopic (exact) mass is 420 g/mol. The Kier molecular flexibility index (Phi) is 5.88. The molecule has 29 heavy (non-hydrogen) atoms. The Morgan fingerprint density at radius 2 is 1.86 bits per heavy atom. The van der Waals surface area contributed by atoms with Gasteiger partial charge >= 0.3 is 0 Å². The van der Waals surface area contributed by atoms with Crippen LogP contribution in [0.15, 0.2) is 36.5 Å². The lowest BCUT2D eigenvalue weighted by Crippen LogP contribution is -2.26. The summed E-state index contributed by atoms with van der Waals surface area (Å²) in [5.74, 6) is -3.81. The highest BCUT2D eigenvalue weighted by Crippen LogP contribution is 2.35. The molecule has 0 fully saturated rings. The van der Waals surface area contributed by atoms with Gasteiger partial charge in [0.1, 0.15) is 16.8 Å². The second-order valence-corrected chi connectivity index (χ2v) is 7.27. The van der Waals surface area contributed by atoms with Crippen molar-refractivity contribution in [2.45, 2.75) is 32.9 Å². The van der Waals surface area contributed by atoms with Crippen LogP contribution in [0.5, 0.6) is 11.5 Å². The van der Waals surface area contributed by atoms with Crippen LogP contribution < -0.4 is 10.1 Å². The van der Waals surface area contributed by atoms with Crippen LogP contribution in [-0.4, -0.2) is 22.1 Å². The number of aromatic hydroxyl groups is 1. The van der Waals surface area contributed by atoms with Gasteiger partial charge in [-0.3, -0.25) is 9.78 Å². The van der Waals surface area contributed by atoms with Crippen LogP contribution in [0, 0.1) is 11.6 Å². The maximum absolute atomic E-state index is 14.6. The SMILES string of the molecule is CC(C)Oc1c(F)cc2c(O)c(C(=O)NC(C)c3ccc(Cl)cc3)cnc2c1F. The third-order valence-corrected chi connectivity index (χ3v) is 4.55. The number of halogens is 3. The van der Waals surface area contributed by atoms with Crippen LogP contribution >= 0.6 is 11.6 Å². The molecule has 1 unspecified atom stereocenters. The molecule has 0 bridgehead atoms. The Hall–Kier alpha value is -2.93. The summed E-state index contributed by atoms with van der Waals surface area (Å²) in [5.41, 5.74) is 0.306. The van der Waals surface area contributed by atoms with E-state index in [0.717, 1.165) is 17.8 Å². The van der Waals surface area contributed by atoms with Crippen molar-refractivity contribution in [2.24, 2.45) is 0 Å². The lowest BCUT2D eigenvalue weighted by atomic mass is 10.1. The van der Waals surface area contributed by atoms with Crippen molar-refractivity contribution in [3.05, 3.63) is 64.3 Å². The molecule has 0 saturated heterocycles. The number of hydrogen-bond donors (Lipinski definition) is 2. The molecule has 1 atom stereocenters. The molecule has 0 saturated carbocycles. The summed E-state index contributed by atoms with van der Waals surface area (Å²) in [5, 5.41) is 13.5. The van der Waals surface area contributed by atoms with Gasteiger partial charge in [-0.05, 0) is 44.5 Å². The lowest BCUT2D eigenvalue weighted by Gasteiger charge is -2.16. The molecule has 2 N–H and O–H groups in total. The van der Waals surface area contributed by atoms with E-state index in [1.54, 1.807) is 45.0 Å². The van der Waals surface area contributed by atoms with Crippen LogP contribution in [0.1, 0.15) is 42.7 Å². The normalized spacial score (nSPS) is 12.2. The van der Waals surface area contributed by atoms with E-state index in [0.29, 0.717) is 5.02 Å². The van der Waals surface area contributed by atoms with Gasteiger partial charge in [0.25, 0.3) is 5.91 Å². The third kappa shape index (κ3) is 4.24. The van der Waals surface area contributed by atoms with Gasteiger partial charge in [-0.15, -0.1) is 0 Å². The number of hydrogen-bond acceptors (Lipinski definition) is 4. The molecule has 0 aliphatic carbocycles. The van der Waals surface area contributed by atoms with Crippen molar-refractivity contribution < 1.29 is 23.4 Å². The Morgan fingerprint density at radius 3 is 2.48 bits per heavy atom. The Morgan fingerprint density at radius 1 is 1.21 bits per heavy atom. The summed E-state index contributed by atoms with van der Waals surface area (Å²) in [7, 11) is 0. The zero-order chi connectivity index (χ0) is 21.3. The molecule has 3 rings (SSSR count). The van der Waals surface area contributed by atoms with E-state index in [-0.39, 0.29) is 16.5 Å². The molecular formula is C21H19ClF2N2O3. The molecule has 1 amide bonds. The molecule has 0 aliphatic rings. The molecule has 1 aromatic heterocycles. The summed E-state index contributed by atoms with van der Waals surface area (Å²) in [6.07, 6.45) is 0.589. The van der Waals surface area contributed by atoms with Gasteiger partial charge in [0.2, 0.25) is 0 Å². The van der Waals surface area contributed by atoms with Crippen LogP contribution in [0.4, 0.5) is 8.78 Å². The third-order valence-electron chi connectivity index (χ3n) is 4.30. The molecule has 5 nitrogen and oxygen atoms in total. The predicted octanol–water partition coefficient (Wildman–Crippen LogP) is 5.15. The first kappa shape index (κ1) is 20.8. The molecule has 0 aliphatic heterocycles. The number of nitrogens with one attached hydrogen (secondary N) is 1. The van der Waals surface area contributed by atoms with Crippen molar-refractivity contribution in [1.29, 1.82) is 0 Å². The number of carbonyl (C=O) groups excluding carboxylic acids is 1. The van der Waals surface area contributed by atoms with Crippen molar-refractivity contribution in [2.75, 3.05) is 0 Å². The lowest BCUT2D eigenvalue weighted by molar-refractivity contribution is 0.0937. The highest BCUT2D eigenvalue weighted by molar-refractivity contribution is 6.30. The Balaban J connectivity index is 1.94. The Bertz CT molecular complexity index is 1070. The van der Waals surface area contributed by atoms with E-state index in [2.05, 4.69) is 10.3 Å². The van der Waals surface area contributed by atoms with E-state index >= 15 is 0 Å². The fourth-order valence-corrected chi connectivity index (χ4v) is 2.98. The van der Waals surface area contributed by atoms with Crippen molar-refractivity contribution in [3.8, 4) is 11.5 Å². The van der Waals surface area contributed by atoms with Gasteiger partial charge < -0.3 is 15.2 Å². The maximum atomic E-state index is 14.6. The minimum Gasteiger partial charge on any atom is -0.506 e. The average Bonchev–Trinajstić information content (AvgIpc) is 2.66. The average molecular weight is 421 g/mol. The first-order valence-corrected chi connectivity index (χ1v) is 9.29. The molecule has 8 heteroatoms. The second kappa shape index (κ2) is 8.21. The smallest absolute Gasteiger partial charge is 0.257 e. The largest absolute Gasteiger partial charge is 0.506 e. The van der Waals surface area contributed by atoms with E-state index in [4.69, 9.17) is 16.3 Å². The van der Waals surface area contributed by atoms with Gasteiger partial charge in [0.05, 0.1) is 12.1 Å². The molecular weight excluding hydrogens is 402 g/mol. The van der Waals surface area contributed by atoms with Crippen molar-refractivity contribution in [3.63, 3.8) is 0 Å². The number of benzene rings is 2. The van der Waals surface area contributed by atoms with E-state index in [1.807, 2.05) is 0 Å². The number of amides is 1. The minimum atomic E-state index is -1.04. The van der Waals surface area contributed by atoms with Crippen LogP contribution in [0.2, 0.25) is 5.02 Å². The highest BCUT2D eigenvalue weighted by atomic mass is 35.5. The van der Waals surface area contributed by atoms with Gasteiger partial charge in [-0.1, -0.05) is 23.7 Å². The summed E-state index contributed by atoms with van der Waals surface area (Å²) < 4.78 is 34.1. The number of carbonyl (C=O) groups is 1. The van der Waals surface area contributed by atoms with Crippen molar-refractivity contribution in [1.82, 2.24) is 10.3 Å². The first-order chi connectivity index (χ1) is 13.7. The molecule has 152 valence electrons. The molecule has 0 spiro atoms. The molecule has 1 heterocycles. The maximum Gasteiger partial charge on any atom is 0.257 e.